The number of hydrogen-bond acceptors (Lipinski definition) is 2. The van der Waals surface area contributed by atoms with E-state index in [2.05, 4.69) is 26.0 Å². The zero-order valence-electron chi connectivity index (χ0n) is 15.5. The van der Waals surface area contributed by atoms with Crippen molar-refractivity contribution in [3.05, 3.63) is 23.8 Å². The third-order valence-corrected chi connectivity index (χ3v) is 6.53. The fraction of sp³-hybridized carbons (Fsp3) is 0.684. The standard InChI is InChI=1S/C19H23O2.BrH.ClH.Li.Mg/c1-17-6-13-7-18(2,9-17)11-19(8-13,10-17)14-4-3-5-15-16(14)21-12-20-15;;;;/h4-5,13H,6-12H2,1-2H3;2*1H;;/q-1;;;+1;+2/p-2. The fourth-order valence-corrected chi connectivity index (χ4v) is 7.01. The molecule has 4 saturated carbocycles. The summed E-state index contributed by atoms with van der Waals surface area (Å²) in [5.41, 5.74) is 2.74. The average Bonchev–Trinajstić information content (AvgIpc) is 2.81. The van der Waals surface area contributed by atoms with Crippen LogP contribution in [0.5, 0.6) is 11.5 Å². The van der Waals surface area contributed by atoms with Crippen LogP contribution < -0.4 is 57.7 Å². The molecule has 25 heavy (non-hydrogen) atoms. The molecule has 0 N–H and O–H groups in total. The summed E-state index contributed by atoms with van der Waals surface area (Å²) >= 11 is 0. The van der Waals surface area contributed by atoms with E-state index in [0.717, 1.165) is 17.4 Å². The minimum Gasteiger partial charge on any atom is -1.00 e. The van der Waals surface area contributed by atoms with Crippen LogP contribution in [-0.2, 0) is 5.41 Å². The van der Waals surface area contributed by atoms with Crippen LogP contribution in [0.15, 0.2) is 12.1 Å². The van der Waals surface area contributed by atoms with Crippen molar-refractivity contribution in [1.82, 2.24) is 0 Å². The minimum absolute atomic E-state index is 0. The Kier molecular flexibility index (Phi) is 7.45. The van der Waals surface area contributed by atoms with Crippen LogP contribution in [0.3, 0.4) is 0 Å². The molecule has 1 aromatic rings. The molecule has 1 heterocycles. The zero-order chi connectivity index (χ0) is 14.3. The first-order valence-electron chi connectivity index (χ1n) is 8.30. The first-order chi connectivity index (χ1) is 10.00. The van der Waals surface area contributed by atoms with Crippen molar-refractivity contribution in [2.45, 2.75) is 57.8 Å². The van der Waals surface area contributed by atoms with Gasteiger partial charge < -0.3 is 38.9 Å². The maximum atomic E-state index is 5.84. The monoisotopic (exact) mass is 428 g/mol. The first kappa shape index (κ1) is 24.0. The van der Waals surface area contributed by atoms with Gasteiger partial charge in [0.1, 0.15) is 0 Å². The quantitative estimate of drug-likeness (QED) is 0.329. The molecule has 1 aromatic carbocycles. The van der Waals surface area contributed by atoms with Crippen LogP contribution in [0.2, 0.25) is 0 Å². The number of halogens is 2. The van der Waals surface area contributed by atoms with Crippen molar-refractivity contribution in [3.8, 4) is 11.5 Å². The van der Waals surface area contributed by atoms with E-state index in [0.29, 0.717) is 23.0 Å². The SMILES string of the molecule is CC12CC3CC(C)(C1)CC(c1c[c-]cc4c1OCO4)(C3)C2.[Br-].[Cl-].[Li+].[Mg+2]. The van der Waals surface area contributed by atoms with E-state index in [-0.39, 0.29) is 71.3 Å². The summed E-state index contributed by atoms with van der Waals surface area (Å²) in [6, 6.07) is 7.42. The molecule has 0 radical (unpaired) electrons. The maximum Gasteiger partial charge on any atom is 2.00 e. The molecule has 2 nitrogen and oxygen atoms in total. The second-order valence-corrected chi connectivity index (χ2v) is 8.88. The number of ether oxygens (including phenoxy) is 2. The van der Waals surface area contributed by atoms with Crippen LogP contribution in [0.4, 0.5) is 0 Å². The normalized spacial score (nSPS) is 38.7. The second kappa shape index (κ2) is 7.76. The van der Waals surface area contributed by atoms with Gasteiger partial charge in [0.2, 0.25) is 6.79 Å². The largest absolute Gasteiger partial charge is 2.00 e. The zero-order valence-corrected chi connectivity index (χ0v) is 19.2. The van der Waals surface area contributed by atoms with Crippen LogP contribution in [0, 0.1) is 22.8 Å². The van der Waals surface area contributed by atoms with Crippen LogP contribution >= 0.6 is 0 Å². The summed E-state index contributed by atoms with van der Waals surface area (Å²) in [6.45, 7) is 5.41. The molecule has 0 saturated heterocycles. The van der Waals surface area contributed by atoms with Crippen molar-refractivity contribution in [2.75, 3.05) is 6.79 Å². The van der Waals surface area contributed by atoms with Gasteiger partial charge in [-0.15, -0.1) is 11.6 Å². The van der Waals surface area contributed by atoms with Crippen LogP contribution in [-0.4, -0.2) is 29.8 Å². The van der Waals surface area contributed by atoms with Gasteiger partial charge >= 0.3 is 41.9 Å². The molecule has 6 heteroatoms. The number of hydrogen-bond donors (Lipinski definition) is 0. The molecule has 2 atom stereocenters. The third kappa shape index (κ3) is 3.66. The van der Waals surface area contributed by atoms with E-state index in [1.54, 1.807) is 0 Å². The number of fused-ring (bicyclic) bond motifs is 1. The molecule has 4 aliphatic carbocycles. The predicted molar refractivity (Wildman–Crippen MR) is 86.2 cm³/mol. The van der Waals surface area contributed by atoms with E-state index >= 15 is 0 Å². The molecule has 0 spiro atoms. The van der Waals surface area contributed by atoms with Crippen molar-refractivity contribution >= 4 is 23.1 Å². The molecule has 4 fully saturated rings. The maximum absolute atomic E-state index is 5.84. The predicted octanol–water partition coefficient (Wildman–Crippen LogP) is -4.91. The Morgan fingerprint density at radius 2 is 1.64 bits per heavy atom. The Hall–Kier alpha value is 0.954. The van der Waals surface area contributed by atoms with Gasteiger partial charge in [0.05, 0.1) is 11.5 Å². The Bertz CT molecular complexity index is 626. The van der Waals surface area contributed by atoms with Crippen LogP contribution in [0.1, 0.15) is 57.9 Å². The van der Waals surface area contributed by atoms with E-state index in [9.17, 15) is 0 Å². The van der Waals surface area contributed by atoms with Gasteiger partial charge in [-0.25, -0.2) is 0 Å². The van der Waals surface area contributed by atoms with Gasteiger partial charge in [0, 0.05) is 0 Å². The molecule has 2 unspecified atom stereocenters. The van der Waals surface area contributed by atoms with Gasteiger partial charge in [0.15, 0.2) is 0 Å². The summed E-state index contributed by atoms with van der Waals surface area (Å²) in [4.78, 5) is 0. The van der Waals surface area contributed by atoms with Crippen LogP contribution in [0.25, 0.3) is 0 Å². The Labute approximate surface area is 196 Å². The molecule has 1 aliphatic heterocycles. The van der Waals surface area contributed by atoms with Crippen molar-refractivity contribution in [2.24, 2.45) is 16.7 Å². The van der Waals surface area contributed by atoms with E-state index in [1.807, 2.05) is 6.07 Å². The molecule has 5 aliphatic rings. The summed E-state index contributed by atoms with van der Waals surface area (Å²) < 4.78 is 11.4. The average molecular weight is 430 g/mol. The fourth-order valence-electron chi connectivity index (χ4n) is 7.01. The van der Waals surface area contributed by atoms with Gasteiger partial charge in [0.25, 0.3) is 0 Å². The molecular formula is C19H23BrClLiMgO2. The molecule has 4 bridgehead atoms. The smallest absolute Gasteiger partial charge is 1.00 e. The van der Waals surface area contributed by atoms with E-state index in [1.165, 1.54) is 44.1 Å². The summed E-state index contributed by atoms with van der Waals surface area (Å²) in [6.07, 6.45) is 8.25. The first-order valence-corrected chi connectivity index (χ1v) is 8.30. The Morgan fingerprint density at radius 1 is 1.00 bits per heavy atom. The van der Waals surface area contributed by atoms with Crippen molar-refractivity contribution < 1.29 is 57.7 Å². The molecule has 0 aromatic heterocycles. The third-order valence-electron chi connectivity index (χ3n) is 6.53. The van der Waals surface area contributed by atoms with Gasteiger partial charge in [-0.3, -0.25) is 0 Å². The number of benzene rings is 1. The van der Waals surface area contributed by atoms with Gasteiger partial charge in [-0.2, -0.15) is 12.1 Å². The molecule has 6 rings (SSSR count). The van der Waals surface area contributed by atoms with Gasteiger partial charge in [-0.1, -0.05) is 20.3 Å². The summed E-state index contributed by atoms with van der Waals surface area (Å²) in [7, 11) is 0. The van der Waals surface area contributed by atoms with Crippen molar-refractivity contribution in [3.63, 3.8) is 0 Å². The molecular weight excluding hydrogens is 407 g/mol. The van der Waals surface area contributed by atoms with Gasteiger partial charge in [-0.05, 0) is 54.3 Å². The minimum atomic E-state index is 0. The molecule has 0 amide bonds. The topological polar surface area (TPSA) is 18.5 Å². The molecule has 128 valence electrons. The van der Waals surface area contributed by atoms with E-state index in [4.69, 9.17) is 9.47 Å². The van der Waals surface area contributed by atoms with E-state index < -0.39 is 0 Å². The van der Waals surface area contributed by atoms with Crippen molar-refractivity contribution in [1.29, 1.82) is 0 Å². The Balaban J connectivity index is 0.000000781. The second-order valence-electron chi connectivity index (χ2n) is 8.88. The Morgan fingerprint density at radius 3 is 2.24 bits per heavy atom. The summed E-state index contributed by atoms with van der Waals surface area (Å²) in [5.74, 6) is 2.82. The number of rotatable bonds is 1. The summed E-state index contributed by atoms with van der Waals surface area (Å²) in [5, 5.41) is 0.